The summed E-state index contributed by atoms with van der Waals surface area (Å²) in [6, 6.07) is 7.05. The van der Waals surface area contributed by atoms with E-state index in [1.165, 1.54) is 23.9 Å². The van der Waals surface area contributed by atoms with Crippen LogP contribution in [0.5, 0.6) is 0 Å². The molecule has 0 unspecified atom stereocenters. The molecule has 1 aliphatic carbocycles. The highest BCUT2D eigenvalue weighted by atomic mass is 16.5. The summed E-state index contributed by atoms with van der Waals surface area (Å²) in [5.74, 6) is 0. The van der Waals surface area contributed by atoms with Gasteiger partial charge in [0.25, 0.3) is 0 Å². The first-order valence-electron chi connectivity index (χ1n) is 7.94. The second kappa shape index (κ2) is 4.13. The average Bonchev–Trinajstić information content (AvgIpc) is 2.74. The van der Waals surface area contributed by atoms with Gasteiger partial charge in [-0.05, 0) is 60.4 Å². The zero-order valence-electron chi connectivity index (χ0n) is 13.8. The molecule has 0 bridgehead atoms. The third kappa shape index (κ3) is 2.04. The zero-order chi connectivity index (χ0) is 14.8. The molecular weight excluding hydrogens is 243 g/mol. The van der Waals surface area contributed by atoms with Crippen LogP contribution in [0.2, 0.25) is 6.32 Å². The van der Waals surface area contributed by atoms with Crippen LogP contribution in [-0.4, -0.2) is 12.5 Å². The Kier molecular flexibility index (Phi) is 2.93. The Morgan fingerprint density at radius 2 is 1.75 bits per heavy atom. The van der Waals surface area contributed by atoms with Gasteiger partial charge in [0.1, 0.15) is 0 Å². The third-order valence-corrected chi connectivity index (χ3v) is 6.02. The Bertz CT molecular complexity index is 526. The topological polar surface area (TPSA) is 9.23 Å². The Morgan fingerprint density at radius 1 is 1.05 bits per heavy atom. The minimum Gasteiger partial charge on any atom is -0.426 e. The van der Waals surface area contributed by atoms with Gasteiger partial charge in [-0.3, -0.25) is 0 Å². The Balaban J connectivity index is 1.94. The lowest BCUT2D eigenvalue weighted by atomic mass is 9.54. The van der Waals surface area contributed by atoms with Crippen LogP contribution in [0.25, 0.3) is 0 Å². The zero-order valence-corrected chi connectivity index (χ0v) is 13.8. The molecule has 1 nitrogen and oxygen atoms in total. The lowest BCUT2D eigenvalue weighted by Gasteiger charge is -2.34. The highest BCUT2D eigenvalue weighted by Gasteiger charge is 2.50. The van der Waals surface area contributed by atoms with Gasteiger partial charge in [0, 0.05) is 0 Å². The maximum absolute atomic E-state index is 6.38. The smallest absolute Gasteiger partial charge is 0.327 e. The van der Waals surface area contributed by atoms with Crippen LogP contribution in [0.15, 0.2) is 18.2 Å². The minimum atomic E-state index is -0.0494. The molecule has 1 aliphatic heterocycles. The van der Waals surface area contributed by atoms with Crippen molar-refractivity contribution in [2.45, 2.75) is 71.7 Å². The highest BCUT2D eigenvalue weighted by Crippen LogP contribution is 2.45. The summed E-state index contributed by atoms with van der Waals surface area (Å²) in [5.41, 5.74) is 4.96. The maximum atomic E-state index is 6.38. The Labute approximate surface area is 124 Å². The molecule has 0 saturated carbocycles. The molecular formula is C18H27BO. The van der Waals surface area contributed by atoms with E-state index < -0.39 is 0 Å². The summed E-state index contributed by atoms with van der Waals surface area (Å²) >= 11 is 0. The van der Waals surface area contributed by atoms with Gasteiger partial charge in [0.15, 0.2) is 0 Å². The normalized spacial score (nSPS) is 25.8. The molecule has 0 spiro atoms. The van der Waals surface area contributed by atoms with E-state index in [4.69, 9.17) is 4.65 Å². The van der Waals surface area contributed by atoms with Crippen molar-refractivity contribution in [1.82, 2.24) is 0 Å². The second-order valence-electron chi connectivity index (χ2n) is 8.51. The average molecular weight is 270 g/mol. The number of fused-ring (bicyclic) bond motifs is 1. The molecule has 1 aromatic rings. The largest absolute Gasteiger partial charge is 0.426 e. The van der Waals surface area contributed by atoms with E-state index in [2.05, 4.69) is 59.7 Å². The molecule has 3 rings (SSSR count). The molecule has 1 fully saturated rings. The molecule has 2 heteroatoms. The lowest BCUT2D eigenvalue weighted by Crippen LogP contribution is -2.36. The van der Waals surface area contributed by atoms with Crippen molar-refractivity contribution in [3.63, 3.8) is 0 Å². The first-order valence-corrected chi connectivity index (χ1v) is 7.94. The predicted molar refractivity (Wildman–Crippen MR) is 86.9 cm³/mol. The fourth-order valence-corrected chi connectivity index (χ4v) is 3.68. The molecule has 1 saturated heterocycles. The molecule has 2 aliphatic rings. The fraction of sp³-hybridized carbons (Fsp3) is 0.667. The van der Waals surface area contributed by atoms with E-state index in [0.717, 1.165) is 6.32 Å². The summed E-state index contributed by atoms with van der Waals surface area (Å²) in [6.45, 7) is 14.1. The van der Waals surface area contributed by atoms with Gasteiger partial charge in [-0.2, -0.15) is 0 Å². The molecule has 108 valence electrons. The van der Waals surface area contributed by atoms with Crippen molar-refractivity contribution < 1.29 is 4.65 Å². The first-order chi connectivity index (χ1) is 9.12. The van der Waals surface area contributed by atoms with Crippen molar-refractivity contribution in [3.05, 3.63) is 29.3 Å². The van der Waals surface area contributed by atoms with E-state index >= 15 is 0 Å². The molecule has 0 atom stereocenters. The molecule has 1 heterocycles. The molecule has 20 heavy (non-hydrogen) atoms. The van der Waals surface area contributed by atoms with Gasteiger partial charge < -0.3 is 4.65 Å². The molecule has 0 radical (unpaired) electrons. The summed E-state index contributed by atoms with van der Waals surface area (Å²) in [4.78, 5) is 0. The summed E-state index contributed by atoms with van der Waals surface area (Å²) in [5, 5.41) is 0. The quantitative estimate of drug-likeness (QED) is 0.702. The number of aryl methyl sites for hydroxylation is 1. The van der Waals surface area contributed by atoms with Crippen LogP contribution in [0.4, 0.5) is 0 Å². The van der Waals surface area contributed by atoms with Crippen molar-refractivity contribution >= 4 is 12.4 Å². The Morgan fingerprint density at radius 3 is 2.35 bits per heavy atom. The van der Waals surface area contributed by atoms with Crippen LogP contribution in [-0.2, 0) is 16.5 Å². The Hall–Kier alpha value is -0.755. The SMILES string of the molecule is CC1(C)CCc2ccc(B3CC(C)(C)C(C)(C)O3)cc21. The molecule has 0 N–H and O–H groups in total. The second-order valence-corrected chi connectivity index (χ2v) is 8.51. The van der Waals surface area contributed by atoms with Gasteiger partial charge >= 0.3 is 6.92 Å². The molecule has 0 amide bonds. The van der Waals surface area contributed by atoms with Crippen LogP contribution in [0, 0.1) is 5.41 Å². The van der Waals surface area contributed by atoms with Gasteiger partial charge in [0.05, 0.1) is 5.60 Å². The van der Waals surface area contributed by atoms with Gasteiger partial charge in [-0.25, -0.2) is 0 Å². The maximum Gasteiger partial charge on any atom is 0.327 e. The van der Waals surface area contributed by atoms with Crippen molar-refractivity contribution in [2.75, 3.05) is 0 Å². The summed E-state index contributed by atoms with van der Waals surface area (Å²) in [6.07, 6.45) is 3.61. The summed E-state index contributed by atoms with van der Waals surface area (Å²) in [7, 11) is 0. The number of hydrogen-bond acceptors (Lipinski definition) is 1. The predicted octanol–water partition coefficient (Wildman–Crippen LogP) is 3.94. The fourth-order valence-electron chi connectivity index (χ4n) is 3.68. The highest BCUT2D eigenvalue weighted by molar-refractivity contribution is 6.68. The van der Waals surface area contributed by atoms with E-state index in [-0.39, 0.29) is 17.9 Å². The lowest BCUT2D eigenvalue weighted by molar-refractivity contribution is 0.0375. The van der Waals surface area contributed by atoms with Gasteiger partial charge in [-0.1, -0.05) is 45.9 Å². The van der Waals surface area contributed by atoms with Gasteiger partial charge in [-0.15, -0.1) is 0 Å². The van der Waals surface area contributed by atoms with E-state index in [1.54, 1.807) is 5.56 Å². The van der Waals surface area contributed by atoms with Gasteiger partial charge in [0.2, 0.25) is 0 Å². The first kappa shape index (κ1) is 14.2. The van der Waals surface area contributed by atoms with Crippen LogP contribution in [0.1, 0.15) is 59.1 Å². The van der Waals surface area contributed by atoms with E-state index in [1.807, 2.05) is 0 Å². The number of rotatable bonds is 1. The standard InChI is InChI=1S/C18H27BO/c1-16(2)10-9-13-7-8-14(11-15(13)16)19-12-17(3,4)18(5,6)20-19/h7-8,11H,9-10,12H2,1-6H3. The number of benzene rings is 1. The minimum absolute atomic E-state index is 0.0494. The van der Waals surface area contributed by atoms with Crippen LogP contribution >= 0.6 is 0 Å². The van der Waals surface area contributed by atoms with E-state index in [0.29, 0.717) is 5.41 Å². The third-order valence-electron chi connectivity index (χ3n) is 6.02. The van der Waals surface area contributed by atoms with Crippen molar-refractivity contribution in [3.8, 4) is 0 Å². The monoisotopic (exact) mass is 270 g/mol. The summed E-state index contributed by atoms with van der Waals surface area (Å²) < 4.78 is 6.38. The van der Waals surface area contributed by atoms with Crippen LogP contribution < -0.4 is 5.46 Å². The van der Waals surface area contributed by atoms with Crippen molar-refractivity contribution in [2.24, 2.45) is 5.41 Å². The molecule has 1 aromatic carbocycles. The van der Waals surface area contributed by atoms with Crippen LogP contribution in [0.3, 0.4) is 0 Å². The molecule has 0 aromatic heterocycles. The van der Waals surface area contributed by atoms with Crippen molar-refractivity contribution in [1.29, 1.82) is 0 Å². The van der Waals surface area contributed by atoms with E-state index in [9.17, 15) is 0 Å². The number of hydrogen-bond donors (Lipinski definition) is 0.